The molecule has 3 aromatic rings. The number of rotatable bonds is 5. The minimum atomic E-state index is -0.696. The van der Waals surface area contributed by atoms with E-state index in [1.165, 1.54) is 16.2 Å². The molecule has 1 saturated heterocycles. The van der Waals surface area contributed by atoms with E-state index in [2.05, 4.69) is 0 Å². The van der Waals surface area contributed by atoms with E-state index < -0.39 is 17.7 Å². The van der Waals surface area contributed by atoms with Gasteiger partial charge in [-0.25, -0.2) is 0 Å². The predicted octanol–water partition coefficient (Wildman–Crippen LogP) is 6.09. The zero-order chi connectivity index (χ0) is 23.9. The zero-order valence-corrected chi connectivity index (χ0v) is 20.2. The van der Waals surface area contributed by atoms with Gasteiger partial charge in [-0.3, -0.25) is 14.5 Å². The summed E-state index contributed by atoms with van der Waals surface area (Å²) in [4.78, 5) is 28.9. The topological polar surface area (TPSA) is 66.8 Å². The Morgan fingerprint density at radius 2 is 1.79 bits per heavy atom. The summed E-state index contributed by atoms with van der Waals surface area (Å²) in [6, 6.07) is 14.0. The zero-order valence-electron chi connectivity index (χ0n) is 19.4. The fraction of sp³-hybridized carbons (Fsp3) is 0.259. The molecule has 1 aliphatic heterocycles. The van der Waals surface area contributed by atoms with Gasteiger partial charge in [0.05, 0.1) is 11.7 Å². The first-order valence-corrected chi connectivity index (χ1v) is 11.8. The summed E-state index contributed by atoms with van der Waals surface area (Å²) in [5.74, 6) is -0.795. The number of nitrogens with zero attached hydrogens (tertiary/aromatic N) is 1. The molecule has 1 fully saturated rings. The maximum absolute atomic E-state index is 13.3. The van der Waals surface area contributed by atoms with Crippen LogP contribution in [0.15, 0.2) is 59.5 Å². The lowest BCUT2D eigenvalue weighted by atomic mass is 9.97. The van der Waals surface area contributed by atoms with E-state index in [4.69, 9.17) is 4.74 Å². The lowest BCUT2D eigenvalue weighted by molar-refractivity contribution is -0.132. The molecule has 6 heteroatoms. The third kappa shape index (κ3) is 4.18. The molecule has 1 aliphatic rings. The molecular weight excluding hydrogens is 434 g/mol. The Labute approximate surface area is 197 Å². The average Bonchev–Trinajstić information content (AvgIpc) is 3.29. The standard InChI is InChI=1S/C27H27NO4S/c1-15(2)32-21-10-9-19(14-18(21)5)24(29)22-23(26-17(4)11-12-33-26)28(27(31)25(22)30)20-8-6-7-16(3)13-20/h6-15,23,29H,1-5H3/b24-22-. The summed E-state index contributed by atoms with van der Waals surface area (Å²) in [6.07, 6.45) is 0.0182. The van der Waals surface area contributed by atoms with Gasteiger partial charge in [0, 0.05) is 16.1 Å². The van der Waals surface area contributed by atoms with Crippen LogP contribution in [0.1, 0.15) is 47.0 Å². The Bertz CT molecular complexity index is 1270. The Kier molecular flexibility index (Phi) is 6.13. The molecule has 1 aromatic heterocycles. The summed E-state index contributed by atoms with van der Waals surface area (Å²) < 4.78 is 5.80. The Hall–Kier alpha value is -3.38. The minimum Gasteiger partial charge on any atom is -0.507 e. The molecule has 1 N–H and O–H groups in total. The summed E-state index contributed by atoms with van der Waals surface area (Å²) in [5.41, 5.74) is 3.99. The van der Waals surface area contributed by atoms with Crippen molar-refractivity contribution in [3.63, 3.8) is 0 Å². The summed E-state index contributed by atoms with van der Waals surface area (Å²) in [5, 5.41) is 13.3. The molecule has 0 bridgehead atoms. The van der Waals surface area contributed by atoms with Gasteiger partial charge in [-0.05, 0) is 93.1 Å². The molecule has 33 heavy (non-hydrogen) atoms. The number of carbonyl (C=O) groups is 2. The van der Waals surface area contributed by atoms with E-state index in [0.717, 1.165) is 21.6 Å². The third-order valence-corrected chi connectivity index (χ3v) is 6.76. The van der Waals surface area contributed by atoms with Crippen LogP contribution in [0.4, 0.5) is 5.69 Å². The first kappa shape index (κ1) is 22.8. The number of aryl methyl sites for hydroxylation is 3. The second kappa shape index (κ2) is 8.87. The number of Topliss-reactive ketones (excluding diaryl/α,β-unsaturated/α-hetero) is 1. The van der Waals surface area contributed by atoms with Gasteiger partial charge in [-0.2, -0.15) is 0 Å². The molecule has 1 atom stereocenters. The van der Waals surface area contributed by atoms with Crippen LogP contribution in [0.3, 0.4) is 0 Å². The molecule has 0 saturated carbocycles. The van der Waals surface area contributed by atoms with Gasteiger partial charge < -0.3 is 9.84 Å². The molecule has 0 radical (unpaired) electrons. The third-order valence-electron chi connectivity index (χ3n) is 5.69. The van der Waals surface area contributed by atoms with E-state index in [1.807, 2.05) is 70.3 Å². The van der Waals surface area contributed by atoms with Gasteiger partial charge in [-0.1, -0.05) is 12.1 Å². The second-order valence-corrected chi connectivity index (χ2v) is 9.57. The van der Waals surface area contributed by atoms with Crippen LogP contribution in [0.2, 0.25) is 0 Å². The summed E-state index contributed by atoms with van der Waals surface area (Å²) in [7, 11) is 0. The number of hydrogen-bond acceptors (Lipinski definition) is 5. The number of aliphatic hydroxyl groups excluding tert-OH is 1. The van der Waals surface area contributed by atoms with Crippen LogP contribution in [0.5, 0.6) is 5.75 Å². The van der Waals surface area contributed by atoms with Gasteiger partial charge in [0.15, 0.2) is 0 Å². The van der Waals surface area contributed by atoms with Crippen LogP contribution in [0.25, 0.3) is 5.76 Å². The van der Waals surface area contributed by atoms with Crippen LogP contribution < -0.4 is 9.64 Å². The first-order valence-electron chi connectivity index (χ1n) is 10.9. The molecule has 0 spiro atoms. The van der Waals surface area contributed by atoms with Crippen molar-refractivity contribution in [2.75, 3.05) is 4.90 Å². The van der Waals surface area contributed by atoms with E-state index >= 15 is 0 Å². The number of aliphatic hydroxyl groups is 1. The Morgan fingerprint density at radius 3 is 2.39 bits per heavy atom. The molecule has 170 valence electrons. The highest BCUT2D eigenvalue weighted by molar-refractivity contribution is 7.10. The maximum Gasteiger partial charge on any atom is 0.300 e. The van der Waals surface area contributed by atoms with Crippen molar-refractivity contribution in [1.29, 1.82) is 0 Å². The number of ether oxygens (including phenoxy) is 1. The van der Waals surface area contributed by atoms with Crippen molar-refractivity contribution in [3.05, 3.63) is 86.6 Å². The van der Waals surface area contributed by atoms with Crippen molar-refractivity contribution in [1.82, 2.24) is 0 Å². The van der Waals surface area contributed by atoms with Crippen LogP contribution in [0, 0.1) is 20.8 Å². The van der Waals surface area contributed by atoms with Crippen LogP contribution >= 0.6 is 11.3 Å². The molecule has 4 rings (SSSR count). The molecule has 1 unspecified atom stereocenters. The summed E-state index contributed by atoms with van der Waals surface area (Å²) in [6.45, 7) is 9.67. The number of benzene rings is 2. The summed E-state index contributed by atoms with van der Waals surface area (Å²) >= 11 is 1.47. The second-order valence-electron chi connectivity index (χ2n) is 8.62. The van der Waals surface area contributed by atoms with Crippen molar-refractivity contribution in [2.45, 2.75) is 46.8 Å². The van der Waals surface area contributed by atoms with Crippen LogP contribution in [-0.2, 0) is 9.59 Å². The number of thiophene rings is 1. The predicted molar refractivity (Wildman–Crippen MR) is 132 cm³/mol. The van der Waals surface area contributed by atoms with Crippen LogP contribution in [-0.4, -0.2) is 22.9 Å². The monoisotopic (exact) mass is 461 g/mol. The lowest BCUT2D eigenvalue weighted by Crippen LogP contribution is -2.29. The molecule has 2 heterocycles. The largest absolute Gasteiger partial charge is 0.507 e. The normalized spacial score (nSPS) is 17.8. The van der Waals surface area contributed by atoms with Gasteiger partial charge in [0.25, 0.3) is 11.7 Å². The van der Waals surface area contributed by atoms with Crippen molar-refractivity contribution in [2.24, 2.45) is 0 Å². The SMILES string of the molecule is Cc1cccc(N2C(=O)C(=O)/C(=C(\O)c3ccc(OC(C)C)c(C)c3)C2c2sccc2C)c1. The fourth-order valence-electron chi connectivity index (χ4n) is 4.13. The molecule has 2 aromatic carbocycles. The quantitative estimate of drug-likeness (QED) is 0.284. The van der Waals surface area contributed by atoms with Gasteiger partial charge >= 0.3 is 0 Å². The Morgan fingerprint density at radius 1 is 1.03 bits per heavy atom. The number of carbonyl (C=O) groups excluding carboxylic acids is 2. The molecular formula is C27H27NO4S. The van der Waals surface area contributed by atoms with Gasteiger partial charge in [0.2, 0.25) is 0 Å². The van der Waals surface area contributed by atoms with E-state index in [1.54, 1.807) is 18.2 Å². The highest BCUT2D eigenvalue weighted by atomic mass is 32.1. The molecule has 0 aliphatic carbocycles. The number of anilines is 1. The molecule has 5 nitrogen and oxygen atoms in total. The van der Waals surface area contributed by atoms with E-state index in [0.29, 0.717) is 17.0 Å². The number of ketones is 1. The minimum absolute atomic E-state index is 0.0182. The van der Waals surface area contributed by atoms with Gasteiger partial charge in [-0.15, -0.1) is 11.3 Å². The van der Waals surface area contributed by atoms with Crippen molar-refractivity contribution in [3.8, 4) is 5.75 Å². The smallest absolute Gasteiger partial charge is 0.300 e. The molecule has 1 amide bonds. The van der Waals surface area contributed by atoms with Crippen molar-refractivity contribution >= 4 is 34.5 Å². The van der Waals surface area contributed by atoms with E-state index in [9.17, 15) is 14.7 Å². The maximum atomic E-state index is 13.3. The lowest BCUT2D eigenvalue weighted by Gasteiger charge is -2.25. The van der Waals surface area contributed by atoms with Crippen molar-refractivity contribution < 1.29 is 19.4 Å². The van der Waals surface area contributed by atoms with E-state index in [-0.39, 0.29) is 17.4 Å². The average molecular weight is 462 g/mol. The highest BCUT2D eigenvalue weighted by Crippen LogP contribution is 2.45. The number of amides is 1. The highest BCUT2D eigenvalue weighted by Gasteiger charge is 2.48. The van der Waals surface area contributed by atoms with Gasteiger partial charge in [0.1, 0.15) is 17.6 Å². The number of hydrogen-bond donors (Lipinski definition) is 1. The Balaban J connectivity index is 1.89. The first-order chi connectivity index (χ1) is 15.7. The fourth-order valence-corrected chi connectivity index (χ4v) is 5.15.